The normalized spacial score (nSPS) is 28.8. The molecular weight excluding hydrogens is 470 g/mol. The number of rotatable bonds is 2. The molecule has 10 heteroatoms. The van der Waals surface area contributed by atoms with E-state index in [0.29, 0.717) is 12.0 Å². The molecule has 4 bridgehead atoms. The van der Waals surface area contributed by atoms with Crippen LogP contribution in [0.2, 0.25) is 0 Å². The van der Waals surface area contributed by atoms with Gasteiger partial charge < -0.3 is 15.0 Å². The van der Waals surface area contributed by atoms with Gasteiger partial charge in [0.05, 0.1) is 12.0 Å². The number of nitrogens with zero attached hydrogens (tertiary/aromatic N) is 1. The van der Waals surface area contributed by atoms with Gasteiger partial charge in [0.15, 0.2) is 0 Å². The van der Waals surface area contributed by atoms with Crippen LogP contribution in [-0.2, 0) is 29.1 Å². The second kappa shape index (κ2) is 10.9. The molecule has 0 radical (unpaired) electrons. The standard InChI is InChI=1S/C25H33N3O6S/c1-34-25(31)21-15-19-16-28(21)24(30)23(18-10-3-2-4-11-18)26-22(29)13-6-5-8-17-9-7-12-20(14-17)35(32,33)27-19/h5,7-9,12,14,18-19,21,23,27H,2-4,6,10-11,13,15-16H2,1H3,(H,26,29)/b8-5-/t19-,21?,23?/m1/s1. The highest BCUT2D eigenvalue weighted by Crippen LogP contribution is 2.30. The summed E-state index contributed by atoms with van der Waals surface area (Å²) >= 11 is 0. The SMILES string of the molecule is COC(=O)C1C[C@@H]2CN1C(=O)C(C1CCCCC1)NC(=O)CC/C=C\c1cccc(c1)S(=O)(=O)N2. The summed E-state index contributed by atoms with van der Waals surface area (Å²) in [5.41, 5.74) is 0.705. The van der Waals surface area contributed by atoms with Crippen molar-refractivity contribution in [3.8, 4) is 0 Å². The summed E-state index contributed by atoms with van der Waals surface area (Å²) in [6, 6.07) is 4.16. The first-order valence-corrected chi connectivity index (χ1v) is 13.7. The number of benzene rings is 1. The second-order valence-corrected chi connectivity index (χ2v) is 11.3. The number of carbonyl (C=O) groups is 3. The lowest BCUT2D eigenvalue weighted by Crippen LogP contribution is -2.55. The largest absolute Gasteiger partial charge is 0.467 e. The van der Waals surface area contributed by atoms with E-state index in [1.54, 1.807) is 24.3 Å². The minimum atomic E-state index is -3.88. The first kappa shape index (κ1) is 25.4. The van der Waals surface area contributed by atoms with Crippen molar-refractivity contribution in [2.45, 2.75) is 74.4 Å². The van der Waals surface area contributed by atoms with Crippen molar-refractivity contribution in [3.05, 3.63) is 35.9 Å². The van der Waals surface area contributed by atoms with Gasteiger partial charge in [-0.15, -0.1) is 0 Å². The first-order chi connectivity index (χ1) is 16.8. The number of ether oxygens (including phenoxy) is 1. The van der Waals surface area contributed by atoms with Gasteiger partial charge in [-0.3, -0.25) is 9.59 Å². The van der Waals surface area contributed by atoms with Gasteiger partial charge in [-0.05, 0) is 49.3 Å². The van der Waals surface area contributed by atoms with Crippen LogP contribution in [0.25, 0.3) is 6.08 Å². The Labute approximate surface area is 206 Å². The molecule has 4 rings (SSSR count). The Hall–Kier alpha value is -2.72. The summed E-state index contributed by atoms with van der Waals surface area (Å²) in [5.74, 6) is -1.20. The van der Waals surface area contributed by atoms with E-state index in [1.165, 1.54) is 18.1 Å². The first-order valence-electron chi connectivity index (χ1n) is 12.2. The van der Waals surface area contributed by atoms with Crippen molar-refractivity contribution >= 4 is 33.9 Å². The monoisotopic (exact) mass is 503 g/mol. The highest BCUT2D eigenvalue weighted by molar-refractivity contribution is 7.89. The number of methoxy groups -OCH3 is 1. The molecule has 190 valence electrons. The van der Waals surface area contributed by atoms with Gasteiger partial charge in [-0.25, -0.2) is 17.9 Å². The fraction of sp³-hybridized carbons (Fsp3) is 0.560. The number of carbonyl (C=O) groups excluding carboxylic acids is 3. The second-order valence-electron chi connectivity index (χ2n) is 9.54. The summed E-state index contributed by atoms with van der Waals surface area (Å²) in [6.45, 7) is 0.0243. The number of nitrogens with one attached hydrogen (secondary N) is 2. The van der Waals surface area contributed by atoms with Gasteiger partial charge in [0.2, 0.25) is 21.8 Å². The van der Waals surface area contributed by atoms with Gasteiger partial charge >= 0.3 is 5.97 Å². The van der Waals surface area contributed by atoms with E-state index < -0.39 is 34.1 Å². The molecule has 1 aromatic carbocycles. The summed E-state index contributed by atoms with van der Waals surface area (Å²) in [7, 11) is -2.63. The van der Waals surface area contributed by atoms with E-state index in [0.717, 1.165) is 32.1 Å². The lowest BCUT2D eigenvalue weighted by atomic mass is 9.83. The van der Waals surface area contributed by atoms with Gasteiger partial charge in [-0.1, -0.05) is 43.5 Å². The molecule has 1 aliphatic carbocycles. The third-order valence-electron chi connectivity index (χ3n) is 7.10. The highest BCUT2D eigenvalue weighted by Gasteiger charge is 2.45. The lowest BCUT2D eigenvalue weighted by molar-refractivity contribution is -0.152. The quantitative estimate of drug-likeness (QED) is 0.595. The van der Waals surface area contributed by atoms with Crippen molar-refractivity contribution in [2.75, 3.05) is 13.7 Å². The smallest absolute Gasteiger partial charge is 0.328 e. The van der Waals surface area contributed by atoms with E-state index in [9.17, 15) is 22.8 Å². The number of sulfonamides is 1. The Bertz CT molecular complexity index is 1100. The predicted octanol–water partition coefficient (Wildman–Crippen LogP) is 1.98. The molecule has 1 saturated heterocycles. The molecule has 2 amide bonds. The maximum Gasteiger partial charge on any atom is 0.328 e. The lowest BCUT2D eigenvalue weighted by Gasteiger charge is -2.34. The van der Waals surface area contributed by atoms with Crippen LogP contribution in [0.3, 0.4) is 0 Å². The van der Waals surface area contributed by atoms with Crippen molar-refractivity contribution < 1.29 is 27.5 Å². The highest BCUT2D eigenvalue weighted by atomic mass is 32.2. The molecule has 1 aromatic rings. The molecule has 1 saturated carbocycles. The summed E-state index contributed by atoms with van der Waals surface area (Å²) in [6.07, 6.45) is 9.04. The number of allylic oxidation sites excluding steroid dienone is 1. The molecule has 2 fully saturated rings. The van der Waals surface area contributed by atoms with Crippen LogP contribution < -0.4 is 10.0 Å². The van der Waals surface area contributed by atoms with E-state index in [4.69, 9.17) is 4.74 Å². The minimum absolute atomic E-state index is 0.0243. The molecule has 0 aromatic heterocycles. The average Bonchev–Trinajstić information content (AvgIpc) is 3.27. The summed E-state index contributed by atoms with van der Waals surface area (Å²) in [4.78, 5) is 40.7. The van der Waals surface area contributed by atoms with E-state index >= 15 is 0 Å². The average molecular weight is 504 g/mol. The van der Waals surface area contributed by atoms with Crippen LogP contribution in [-0.4, -0.2) is 62.9 Å². The van der Waals surface area contributed by atoms with Crippen LogP contribution in [0.1, 0.15) is 56.9 Å². The van der Waals surface area contributed by atoms with E-state index in [2.05, 4.69) is 10.0 Å². The maximum absolute atomic E-state index is 13.8. The molecule has 0 spiro atoms. The van der Waals surface area contributed by atoms with Crippen LogP contribution >= 0.6 is 0 Å². The number of esters is 1. The zero-order chi connectivity index (χ0) is 25.0. The number of amides is 2. The van der Waals surface area contributed by atoms with Crippen molar-refractivity contribution in [1.82, 2.24) is 14.9 Å². The molecule has 3 atom stereocenters. The molecular formula is C25H33N3O6S. The molecule has 3 aliphatic rings. The third kappa shape index (κ3) is 5.92. The molecule has 35 heavy (non-hydrogen) atoms. The Morgan fingerprint density at radius 1 is 1.14 bits per heavy atom. The van der Waals surface area contributed by atoms with Gasteiger partial charge in [0, 0.05) is 19.0 Å². The van der Waals surface area contributed by atoms with Crippen LogP contribution in [0.15, 0.2) is 35.2 Å². The maximum atomic E-state index is 13.8. The number of fused-ring (bicyclic) bond motifs is 4. The zero-order valence-electron chi connectivity index (χ0n) is 19.9. The molecule has 2 heterocycles. The van der Waals surface area contributed by atoms with Crippen LogP contribution in [0.4, 0.5) is 0 Å². The van der Waals surface area contributed by atoms with E-state index in [-0.39, 0.29) is 42.0 Å². The van der Waals surface area contributed by atoms with Crippen molar-refractivity contribution in [1.29, 1.82) is 0 Å². The Morgan fingerprint density at radius 3 is 2.66 bits per heavy atom. The minimum Gasteiger partial charge on any atom is -0.467 e. The molecule has 2 unspecified atom stereocenters. The van der Waals surface area contributed by atoms with Crippen molar-refractivity contribution in [3.63, 3.8) is 0 Å². The molecule has 2 N–H and O–H groups in total. The van der Waals surface area contributed by atoms with Crippen LogP contribution in [0.5, 0.6) is 0 Å². The fourth-order valence-electron chi connectivity index (χ4n) is 5.30. The molecule has 9 nitrogen and oxygen atoms in total. The number of hydrogen-bond donors (Lipinski definition) is 2. The topological polar surface area (TPSA) is 122 Å². The Morgan fingerprint density at radius 2 is 1.91 bits per heavy atom. The predicted molar refractivity (Wildman–Crippen MR) is 129 cm³/mol. The fourth-order valence-corrected chi connectivity index (χ4v) is 6.60. The van der Waals surface area contributed by atoms with Gasteiger partial charge in [0.25, 0.3) is 0 Å². The van der Waals surface area contributed by atoms with Gasteiger partial charge in [-0.2, -0.15) is 0 Å². The Balaban J connectivity index is 1.70. The van der Waals surface area contributed by atoms with Gasteiger partial charge in [0.1, 0.15) is 12.1 Å². The summed E-state index contributed by atoms with van der Waals surface area (Å²) < 4.78 is 33.8. The van der Waals surface area contributed by atoms with E-state index in [1.807, 2.05) is 6.08 Å². The molecule has 2 aliphatic heterocycles. The van der Waals surface area contributed by atoms with Crippen molar-refractivity contribution in [2.24, 2.45) is 5.92 Å². The Kier molecular flexibility index (Phi) is 7.91. The van der Waals surface area contributed by atoms with Crippen LogP contribution in [0, 0.1) is 5.92 Å². The zero-order valence-corrected chi connectivity index (χ0v) is 20.8. The number of hydrogen-bond acceptors (Lipinski definition) is 6. The summed E-state index contributed by atoms with van der Waals surface area (Å²) in [5, 5.41) is 2.95. The third-order valence-corrected chi connectivity index (χ3v) is 8.62.